The summed E-state index contributed by atoms with van der Waals surface area (Å²) in [7, 11) is 0. The van der Waals surface area contributed by atoms with E-state index in [2.05, 4.69) is 26.6 Å². The second kappa shape index (κ2) is 11.2. The van der Waals surface area contributed by atoms with E-state index < -0.39 is 11.9 Å². The SMILES string of the molecule is CC1CCC(Cn2c(C(O)CC3CCOCC3)nc3nc(-c4noc(=O)[nH]4)nc(-c4cccc(Cl)c4)c32)CC1. The summed E-state index contributed by atoms with van der Waals surface area (Å²) in [5.74, 6) is 1.77. The average Bonchev–Trinajstić information content (AvgIpc) is 3.54. The first-order valence-corrected chi connectivity index (χ1v) is 14.2. The Morgan fingerprint density at radius 2 is 1.90 bits per heavy atom. The molecule has 1 saturated carbocycles. The van der Waals surface area contributed by atoms with Crippen LogP contribution in [0.1, 0.15) is 63.8 Å². The number of imidazole rings is 1. The lowest BCUT2D eigenvalue weighted by molar-refractivity contribution is 0.0408. The maximum Gasteiger partial charge on any atom is 0.439 e. The predicted molar refractivity (Wildman–Crippen MR) is 146 cm³/mol. The van der Waals surface area contributed by atoms with Crippen LogP contribution in [0.2, 0.25) is 5.02 Å². The van der Waals surface area contributed by atoms with Crippen molar-refractivity contribution in [1.29, 1.82) is 0 Å². The van der Waals surface area contributed by atoms with E-state index in [-0.39, 0.29) is 11.6 Å². The molecule has 206 valence electrons. The summed E-state index contributed by atoms with van der Waals surface area (Å²) in [5.41, 5.74) is 2.57. The molecular formula is C28H33ClN6O4. The molecule has 1 unspecified atom stereocenters. The predicted octanol–water partition coefficient (Wildman–Crippen LogP) is 5.17. The van der Waals surface area contributed by atoms with Gasteiger partial charge in [-0.05, 0) is 62.0 Å². The third kappa shape index (κ3) is 5.64. The topological polar surface area (TPSA) is 132 Å². The lowest BCUT2D eigenvalue weighted by Crippen LogP contribution is -2.22. The molecule has 11 heteroatoms. The molecule has 2 fully saturated rings. The van der Waals surface area contributed by atoms with Crippen molar-refractivity contribution < 1.29 is 14.4 Å². The number of H-pyrrole nitrogens is 1. The highest BCUT2D eigenvalue weighted by Gasteiger charge is 2.29. The van der Waals surface area contributed by atoms with E-state index in [1.54, 1.807) is 0 Å². The minimum Gasteiger partial charge on any atom is -0.385 e. The van der Waals surface area contributed by atoms with Gasteiger partial charge in [-0.2, -0.15) is 0 Å². The number of rotatable bonds is 7. The maximum atomic E-state index is 11.7. The highest BCUT2D eigenvalue weighted by molar-refractivity contribution is 6.30. The van der Waals surface area contributed by atoms with Gasteiger partial charge in [0.05, 0.1) is 0 Å². The second-order valence-electron chi connectivity index (χ2n) is 11.0. The van der Waals surface area contributed by atoms with Gasteiger partial charge in [-0.1, -0.05) is 48.7 Å². The molecule has 4 heterocycles. The molecule has 0 spiro atoms. The Hall–Kier alpha value is -3.08. The van der Waals surface area contributed by atoms with Crippen LogP contribution in [0.4, 0.5) is 0 Å². The summed E-state index contributed by atoms with van der Waals surface area (Å²) in [6.07, 6.45) is 6.34. The molecule has 10 nitrogen and oxygen atoms in total. The molecule has 2 N–H and O–H groups in total. The quantitative estimate of drug-likeness (QED) is 0.321. The Kier molecular flexibility index (Phi) is 7.51. The van der Waals surface area contributed by atoms with Crippen molar-refractivity contribution in [3.05, 3.63) is 45.7 Å². The van der Waals surface area contributed by atoms with Crippen molar-refractivity contribution in [3.8, 4) is 22.9 Å². The highest BCUT2D eigenvalue weighted by atomic mass is 35.5. The number of ether oxygens (including phenoxy) is 1. The van der Waals surface area contributed by atoms with Crippen molar-refractivity contribution >= 4 is 22.8 Å². The summed E-state index contributed by atoms with van der Waals surface area (Å²) in [4.78, 5) is 28.6. The first-order chi connectivity index (χ1) is 18.9. The molecule has 1 saturated heterocycles. The number of fused-ring (bicyclic) bond motifs is 1. The van der Waals surface area contributed by atoms with Gasteiger partial charge in [0.2, 0.25) is 11.6 Å². The van der Waals surface area contributed by atoms with Gasteiger partial charge in [-0.3, -0.25) is 9.51 Å². The molecule has 3 aromatic heterocycles. The summed E-state index contributed by atoms with van der Waals surface area (Å²) in [5, 5.41) is 15.9. The third-order valence-corrected chi connectivity index (χ3v) is 8.39. The molecule has 2 aliphatic rings. The molecule has 1 aliphatic heterocycles. The molecular weight excluding hydrogens is 520 g/mol. The zero-order chi connectivity index (χ0) is 26.9. The molecule has 0 bridgehead atoms. The van der Waals surface area contributed by atoms with Gasteiger partial charge in [0.1, 0.15) is 23.1 Å². The third-order valence-electron chi connectivity index (χ3n) is 8.15. The van der Waals surface area contributed by atoms with Crippen LogP contribution in [0, 0.1) is 17.8 Å². The summed E-state index contributed by atoms with van der Waals surface area (Å²) < 4.78 is 12.4. The number of aliphatic hydroxyl groups is 1. The smallest absolute Gasteiger partial charge is 0.385 e. The van der Waals surface area contributed by atoms with Gasteiger partial charge < -0.3 is 14.4 Å². The summed E-state index contributed by atoms with van der Waals surface area (Å²) in [6.45, 7) is 4.47. The van der Waals surface area contributed by atoms with Gasteiger partial charge in [0.15, 0.2) is 5.65 Å². The van der Waals surface area contributed by atoms with Crippen LogP contribution in [0.3, 0.4) is 0 Å². The lowest BCUT2D eigenvalue weighted by Gasteiger charge is -2.28. The first kappa shape index (κ1) is 26.2. The zero-order valence-corrected chi connectivity index (χ0v) is 22.7. The molecule has 0 radical (unpaired) electrons. The van der Waals surface area contributed by atoms with Crippen LogP contribution >= 0.6 is 11.6 Å². The lowest BCUT2D eigenvalue weighted by atomic mass is 9.83. The van der Waals surface area contributed by atoms with Crippen molar-refractivity contribution in [2.24, 2.45) is 17.8 Å². The van der Waals surface area contributed by atoms with Gasteiger partial charge >= 0.3 is 5.76 Å². The van der Waals surface area contributed by atoms with Crippen LogP contribution in [-0.2, 0) is 11.3 Å². The molecule has 39 heavy (non-hydrogen) atoms. The van der Waals surface area contributed by atoms with Crippen LogP contribution < -0.4 is 5.76 Å². The fraction of sp³-hybridized carbons (Fsp3) is 0.536. The van der Waals surface area contributed by atoms with E-state index in [4.69, 9.17) is 30.8 Å². The number of hydrogen-bond acceptors (Lipinski definition) is 8. The fourth-order valence-electron chi connectivity index (χ4n) is 5.93. The molecule has 1 atom stereocenters. The number of nitrogens with zero attached hydrogens (tertiary/aromatic N) is 5. The number of nitrogens with one attached hydrogen (secondary N) is 1. The Morgan fingerprint density at radius 1 is 1.10 bits per heavy atom. The van der Waals surface area contributed by atoms with Crippen LogP contribution in [0.5, 0.6) is 0 Å². The van der Waals surface area contributed by atoms with Crippen LogP contribution in [0.15, 0.2) is 33.6 Å². The largest absolute Gasteiger partial charge is 0.439 e. The van der Waals surface area contributed by atoms with Gasteiger partial charge in [-0.25, -0.2) is 19.7 Å². The minimum atomic E-state index is -0.757. The number of hydrogen-bond donors (Lipinski definition) is 2. The van der Waals surface area contributed by atoms with E-state index in [0.29, 0.717) is 40.4 Å². The summed E-state index contributed by atoms with van der Waals surface area (Å²) in [6, 6.07) is 7.45. The first-order valence-electron chi connectivity index (χ1n) is 13.8. The number of halogens is 1. The average molecular weight is 553 g/mol. The van der Waals surface area contributed by atoms with Crippen molar-refractivity contribution in [3.63, 3.8) is 0 Å². The number of aliphatic hydroxyl groups excluding tert-OH is 1. The minimum absolute atomic E-state index is 0.116. The van der Waals surface area contributed by atoms with Gasteiger partial charge in [0.25, 0.3) is 0 Å². The molecule has 0 amide bonds. The normalized spacial score (nSPS) is 21.4. The zero-order valence-electron chi connectivity index (χ0n) is 22.0. The van der Waals surface area contributed by atoms with Crippen LogP contribution in [-0.4, -0.2) is 48.0 Å². The Morgan fingerprint density at radius 3 is 2.62 bits per heavy atom. The van der Waals surface area contributed by atoms with Crippen molar-refractivity contribution in [2.75, 3.05) is 13.2 Å². The molecule has 1 aromatic carbocycles. The van der Waals surface area contributed by atoms with Gasteiger partial charge in [-0.15, -0.1) is 0 Å². The monoisotopic (exact) mass is 552 g/mol. The standard InChI is InChI=1S/C28H33ClN6O4/c1-16-5-7-18(8-6-16)15-35-23-22(19-3-2-4-20(29)14-19)30-25(26-33-28(37)39-34-26)31-24(23)32-27(35)21(36)13-17-9-11-38-12-10-17/h2-4,14,16-18,21,36H,5-13,15H2,1H3,(H,33,34,37). The Labute approximate surface area is 230 Å². The fourth-order valence-corrected chi connectivity index (χ4v) is 6.12. The van der Waals surface area contributed by atoms with E-state index >= 15 is 0 Å². The highest BCUT2D eigenvalue weighted by Crippen LogP contribution is 2.37. The van der Waals surface area contributed by atoms with E-state index in [9.17, 15) is 9.90 Å². The van der Waals surface area contributed by atoms with E-state index in [0.717, 1.165) is 62.4 Å². The maximum absolute atomic E-state index is 11.7. The Balaban J connectivity index is 1.51. The summed E-state index contributed by atoms with van der Waals surface area (Å²) >= 11 is 6.39. The van der Waals surface area contributed by atoms with Crippen molar-refractivity contribution in [1.82, 2.24) is 29.7 Å². The van der Waals surface area contributed by atoms with Gasteiger partial charge in [0, 0.05) is 30.3 Å². The molecule has 4 aromatic rings. The van der Waals surface area contributed by atoms with E-state index in [1.807, 2.05) is 24.3 Å². The number of aromatic amines is 1. The second-order valence-corrected chi connectivity index (χ2v) is 11.5. The Bertz CT molecular complexity index is 1500. The van der Waals surface area contributed by atoms with Crippen LogP contribution in [0.25, 0.3) is 34.1 Å². The van der Waals surface area contributed by atoms with E-state index in [1.165, 1.54) is 12.8 Å². The van der Waals surface area contributed by atoms with Crippen molar-refractivity contribution in [2.45, 2.75) is 64.5 Å². The molecule has 6 rings (SSSR count). The number of benzene rings is 1. The molecule has 1 aliphatic carbocycles. The number of aromatic nitrogens is 6.